The average molecular weight is 681 g/mol. The van der Waals surface area contributed by atoms with E-state index in [-0.39, 0.29) is 5.41 Å². The van der Waals surface area contributed by atoms with Crippen LogP contribution >= 0.6 is 0 Å². The molecule has 10 aromatic rings. The van der Waals surface area contributed by atoms with Crippen molar-refractivity contribution in [2.45, 2.75) is 19.3 Å². The van der Waals surface area contributed by atoms with Gasteiger partial charge in [0.2, 0.25) is 0 Å². The van der Waals surface area contributed by atoms with Gasteiger partial charge in [0.05, 0.1) is 16.6 Å². The summed E-state index contributed by atoms with van der Waals surface area (Å²) < 4.78 is 9.35. The van der Waals surface area contributed by atoms with Crippen LogP contribution in [-0.4, -0.2) is 19.5 Å². The first kappa shape index (κ1) is 29.8. The Morgan fingerprint density at radius 1 is 0.453 bits per heavy atom. The molecule has 0 radical (unpaired) electrons. The summed E-state index contributed by atoms with van der Waals surface area (Å²) in [5.74, 6) is 1.82. The van der Waals surface area contributed by atoms with Gasteiger partial charge in [-0.2, -0.15) is 0 Å². The Morgan fingerprint density at radius 2 is 1.08 bits per heavy atom. The summed E-state index contributed by atoms with van der Waals surface area (Å²) in [4.78, 5) is 15.4. The van der Waals surface area contributed by atoms with Gasteiger partial charge in [0, 0.05) is 43.8 Å². The monoisotopic (exact) mass is 680 g/mol. The molecule has 0 unspecified atom stereocenters. The zero-order valence-corrected chi connectivity index (χ0v) is 29.2. The predicted molar refractivity (Wildman–Crippen MR) is 215 cm³/mol. The Kier molecular flexibility index (Phi) is 6.23. The van der Waals surface area contributed by atoms with E-state index >= 15 is 0 Å². The first-order valence-corrected chi connectivity index (χ1v) is 18.0. The van der Waals surface area contributed by atoms with Crippen molar-refractivity contribution in [2.24, 2.45) is 0 Å². The summed E-state index contributed by atoms with van der Waals surface area (Å²) in [6.07, 6.45) is 0. The van der Waals surface area contributed by atoms with Crippen LogP contribution in [0.15, 0.2) is 162 Å². The molecule has 0 spiro atoms. The maximum atomic E-state index is 7.04. The lowest BCUT2D eigenvalue weighted by Gasteiger charge is -2.21. The number of furan rings is 1. The van der Waals surface area contributed by atoms with Crippen molar-refractivity contribution < 1.29 is 4.42 Å². The molecule has 3 heterocycles. The molecule has 0 atom stereocenters. The predicted octanol–water partition coefficient (Wildman–Crippen LogP) is 12.2. The molecule has 53 heavy (non-hydrogen) atoms. The third kappa shape index (κ3) is 4.34. The molecule has 0 fully saturated rings. The molecule has 7 aromatic carbocycles. The zero-order chi connectivity index (χ0) is 35.3. The highest BCUT2D eigenvalue weighted by Gasteiger charge is 2.35. The lowest BCUT2D eigenvalue weighted by molar-refractivity contribution is 0.660. The van der Waals surface area contributed by atoms with Crippen molar-refractivity contribution >= 4 is 43.7 Å². The molecule has 5 nitrogen and oxygen atoms in total. The molecule has 11 rings (SSSR count). The van der Waals surface area contributed by atoms with Crippen molar-refractivity contribution in [1.29, 1.82) is 0 Å². The van der Waals surface area contributed by atoms with E-state index < -0.39 is 0 Å². The Hall–Kier alpha value is -6.85. The van der Waals surface area contributed by atoms with Crippen LogP contribution in [0.2, 0.25) is 0 Å². The molecule has 3 aromatic heterocycles. The van der Waals surface area contributed by atoms with E-state index in [0.29, 0.717) is 17.5 Å². The van der Waals surface area contributed by atoms with Crippen LogP contribution in [0.25, 0.3) is 94.7 Å². The third-order valence-corrected chi connectivity index (χ3v) is 11.1. The second-order valence-corrected chi connectivity index (χ2v) is 14.4. The highest BCUT2D eigenvalue weighted by Crippen LogP contribution is 2.49. The maximum Gasteiger partial charge on any atom is 0.167 e. The summed E-state index contributed by atoms with van der Waals surface area (Å²) in [6, 6.07) is 55.2. The second-order valence-electron chi connectivity index (χ2n) is 14.4. The van der Waals surface area contributed by atoms with Gasteiger partial charge in [0.15, 0.2) is 23.1 Å². The van der Waals surface area contributed by atoms with Gasteiger partial charge in [-0.3, -0.25) is 0 Å². The zero-order valence-electron chi connectivity index (χ0n) is 29.2. The van der Waals surface area contributed by atoms with Crippen molar-refractivity contribution in [1.82, 2.24) is 19.5 Å². The first-order chi connectivity index (χ1) is 26.0. The molecule has 1 aliphatic rings. The summed E-state index contributed by atoms with van der Waals surface area (Å²) in [5, 5.41) is 4.40. The molecule has 0 saturated carbocycles. The molecule has 0 bridgehead atoms. The van der Waals surface area contributed by atoms with E-state index in [1.54, 1.807) is 0 Å². The van der Waals surface area contributed by atoms with E-state index in [1.807, 2.05) is 30.3 Å². The van der Waals surface area contributed by atoms with Crippen LogP contribution in [0, 0.1) is 0 Å². The van der Waals surface area contributed by atoms with Gasteiger partial charge in [-0.05, 0) is 58.7 Å². The van der Waals surface area contributed by atoms with Gasteiger partial charge in [-0.25, -0.2) is 15.0 Å². The molecule has 1 aliphatic carbocycles. The highest BCUT2D eigenvalue weighted by atomic mass is 16.3. The molecular formula is C48H32N4O. The van der Waals surface area contributed by atoms with Gasteiger partial charge in [0.25, 0.3) is 0 Å². The molecule has 250 valence electrons. The summed E-state index contributed by atoms with van der Waals surface area (Å²) in [5.41, 5.74) is 12.6. The smallest absolute Gasteiger partial charge is 0.167 e. The lowest BCUT2D eigenvalue weighted by Crippen LogP contribution is -2.15. The average Bonchev–Trinajstić information content (AvgIpc) is 3.84. The van der Waals surface area contributed by atoms with E-state index in [1.165, 1.54) is 27.6 Å². The number of hydrogen-bond donors (Lipinski definition) is 0. The Bertz CT molecular complexity index is 3080. The van der Waals surface area contributed by atoms with E-state index in [4.69, 9.17) is 19.4 Å². The molecular weight excluding hydrogens is 649 g/mol. The summed E-state index contributed by atoms with van der Waals surface area (Å²) >= 11 is 0. The largest absolute Gasteiger partial charge is 0.453 e. The Labute approximate surface area is 305 Å². The normalized spacial score (nSPS) is 13.2. The number of para-hydroxylation sites is 3. The minimum atomic E-state index is -0.145. The Balaban J connectivity index is 1.16. The van der Waals surface area contributed by atoms with Gasteiger partial charge >= 0.3 is 0 Å². The quantitative estimate of drug-likeness (QED) is 0.186. The number of rotatable bonds is 4. The van der Waals surface area contributed by atoms with E-state index in [0.717, 1.165) is 60.7 Å². The van der Waals surface area contributed by atoms with Gasteiger partial charge < -0.3 is 8.98 Å². The van der Waals surface area contributed by atoms with Crippen molar-refractivity contribution in [3.63, 3.8) is 0 Å². The van der Waals surface area contributed by atoms with Crippen LogP contribution < -0.4 is 0 Å². The first-order valence-electron chi connectivity index (χ1n) is 18.0. The van der Waals surface area contributed by atoms with Crippen molar-refractivity contribution in [2.75, 3.05) is 0 Å². The van der Waals surface area contributed by atoms with Crippen molar-refractivity contribution in [3.05, 3.63) is 169 Å². The maximum absolute atomic E-state index is 7.04. The fourth-order valence-corrected chi connectivity index (χ4v) is 8.51. The fraction of sp³-hybridized carbons (Fsp3) is 0.0625. The van der Waals surface area contributed by atoms with Crippen molar-refractivity contribution in [3.8, 4) is 51.0 Å². The minimum absolute atomic E-state index is 0.145. The van der Waals surface area contributed by atoms with Gasteiger partial charge in [-0.15, -0.1) is 0 Å². The van der Waals surface area contributed by atoms with Crippen LogP contribution in [0.1, 0.15) is 25.0 Å². The van der Waals surface area contributed by atoms with Gasteiger partial charge in [0.1, 0.15) is 5.58 Å². The van der Waals surface area contributed by atoms with Crippen LogP contribution in [0.3, 0.4) is 0 Å². The van der Waals surface area contributed by atoms with Crippen LogP contribution in [0.5, 0.6) is 0 Å². The highest BCUT2D eigenvalue weighted by molar-refractivity contribution is 6.22. The summed E-state index contributed by atoms with van der Waals surface area (Å²) in [6.45, 7) is 4.60. The molecule has 0 amide bonds. The minimum Gasteiger partial charge on any atom is -0.453 e. The number of nitrogens with zero attached hydrogens (tertiary/aromatic N) is 4. The molecule has 0 N–H and O–H groups in total. The third-order valence-electron chi connectivity index (χ3n) is 11.1. The fourth-order valence-electron chi connectivity index (χ4n) is 8.51. The van der Waals surface area contributed by atoms with Crippen LogP contribution in [-0.2, 0) is 5.41 Å². The van der Waals surface area contributed by atoms with Crippen LogP contribution in [0.4, 0.5) is 0 Å². The van der Waals surface area contributed by atoms with Gasteiger partial charge in [-0.1, -0.05) is 135 Å². The topological polar surface area (TPSA) is 56.7 Å². The number of fused-ring (bicyclic) bond motifs is 10. The van der Waals surface area contributed by atoms with E-state index in [9.17, 15) is 0 Å². The molecule has 5 heteroatoms. The number of hydrogen-bond acceptors (Lipinski definition) is 4. The lowest BCUT2D eigenvalue weighted by atomic mass is 9.82. The van der Waals surface area contributed by atoms with E-state index in [2.05, 4.69) is 146 Å². The molecule has 0 aliphatic heterocycles. The second kappa shape index (κ2) is 11.1. The SMILES string of the molecule is CC1(C)c2ccccc2-c2ccc(-c3nc(-c4ccccc4)nc(-c4cccc5c4oc4c5ccc5c6ccccc6n(-c6ccccc6)c54)n3)cc21. The Morgan fingerprint density at radius 3 is 1.92 bits per heavy atom. The number of benzene rings is 7. The number of aromatic nitrogens is 4. The molecule has 0 saturated heterocycles. The standard InChI is InChI=1S/C48H32N4O/c1-48(2)39-22-11-9-18-32(39)33-25-24-30(28-40(33)48)46-49-45(29-14-5-3-6-15-29)50-47(51-46)38-21-13-20-36-37-27-26-35-34-19-10-12-23-41(34)52(31-16-7-4-8-17-31)42(35)44(37)53-43(36)38/h3-28H,1-2H3. The summed E-state index contributed by atoms with van der Waals surface area (Å²) in [7, 11) is 0.